The van der Waals surface area contributed by atoms with Crippen LogP contribution in [-0.2, 0) is 6.42 Å². The molecular weight excluding hydrogens is 238 g/mol. The maximum atomic E-state index is 5.54. The van der Waals surface area contributed by atoms with Gasteiger partial charge in [0.2, 0.25) is 0 Å². The van der Waals surface area contributed by atoms with Crippen LogP contribution < -0.4 is 11.1 Å². The zero-order chi connectivity index (χ0) is 13.7. The third kappa shape index (κ3) is 3.92. The van der Waals surface area contributed by atoms with Gasteiger partial charge in [-0.25, -0.2) is 9.50 Å². The predicted octanol–water partition coefficient (Wildman–Crippen LogP) is 2.08. The van der Waals surface area contributed by atoms with E-state index in [4.69, 9.17) is 5.73 Å². The quantitative estimate of drug-likeness (QED) is 0.749. The first kappa shape index (κ1) is 13.8. The second kappa shape index (κ2) is 6.52. The summed E-state index contributed by atoms with van der Waals surface area (Å²) in [4.78, 5) is 4.46. The van der Waals surface area contributed by atoms with Gasteiger partial charge in [-0.15, -0.1) is 5.10 Å². The minimum absolute atomic E-state index is 0.615. The molecule has 0 aliphatic carbocycles. The van der Waals surface area contributed by atoms with Crippen molar-refractivity contribution >= 4 is 11.5 Å². The summed E-state index contributed by atoms with van der Waals surface area (Å²) in [7, 11) is 0. The van der Waals surface area contributed by atoms with Crippen LogP contribution in [0.3, 0.4) is 0 Å². The zero-order valence-corrected chi connectivity index (χ0v) is 11.8. The molecule has 0 atom stereocenters. The highest BCUT2D eigenvalue weighted by atomic mass is 15.3. The van der Waals surface area contributed by atoms with E-state index in [1.807, 2.05) is 22.8 Å². The molecule has 2 aromatic heterocycles. The average molecular weight is 261 g/mol. The molecular formula is C14H23N5. The molecule has 0 radical (unpaired) electrons. The maximum Gasteiger partial charge on any atom is 0.153 e. The van der Waals surface area contributed by atoms with Crippen molar-refractivity contribution in [2.24, 2.45) is 11.7 Å². The SMILES string of the molecule is CC(C)CCCNc1ccc2nc(CCN)cn2n1. The van der Waals surface area contributed by atoms with Gasteiger partial charge in [0.05, 0.1) is 11.9 Å². The van der Waals surface area contributed by atoms with Gasteiger partial charge >= 0.3 is 0 Å². The number of rotatable bonds is 7. The van der Waals surface area contributed by atoms with E-state index in [1.54, 1.807) is 0 Å². The van der Waals surface area contributed by atoms with E-state index >= 15 is 0 Å². The third-order valence-electron chi connectivity index (χ3n) is 3.03. The lowest BCUT2D eigenvalue weighted by molar-refractivity contribution is 0.566. The normalized spacial score (nSPS) is 11.4. The van der Waals surface area contributed by atoms with Crippen molar-refractivity contribution in [1.82, 2.24) is 14.6 Å². The summed E-state index contributed by atoms with van der Waals surface area (Å²) in [6.07, 6.45) is 5.14. The Bertz CT molecular complexity index is 518. The number of nitrogens with one attached hydrogen (secondary N) is 1. The molecule has 2 heterocycles. The van der Waals surface area contributed by atoms with Crippen LogP contribution in [-0.4, -0.2) is 27.7 Å². The number of fused-ring (bicyclic) bond motifs is 1. The highest BCUT2D eigenvalue weighted by molar-refractivity contribution is 5.45. The summed E-state index contributed by atoms with van der Waals surface area (Å²) >= 11 is 0. The second-order valence-corrected chi connectivity index (χ2v) is 5.26. The summed E-state index contributed by atoms with van der Waals surface area (Å²) in [6.45, 7) is 6.06. The number of aromatic nitrogens is 3. The molecule has 19 heavy (non-hydrogen) atoms. The summed E-state index contributed by atoms with van der Waals surface area (Å²) in [5, 5.41) is 7.85. The Labute approximate surface area is 114 Å². The minimum Gasteiger partial charge on any atom is -0.369 e. The van der Waals surface area contributed by atoms with Crippen LogP contribution in [0.1, 0.15) is 32.4 Å². The van der Waals surface area contributed by atoms with Crippen molar-refractivity contribution in [3.05, 3.63) is 24.0 Å². The van der Waals surface area contributed by atoms with Crippen LogP contribution in [0.15, 0.2) is 18.3 Å². The zero-order valence-electron chi connectivity index (χ0n) is 11.8. The molecule has 0 saturated carbocycles. The van der Waals surface area contributed by atoms with E-state index in [9.17, 15) is 0 Å². The van der Waals surface area contributed by atoms with Gasteiger partial charge in [-0.2, -0.15) is 0 Å². The van der Waals surface area contributed by atoms with E-state index in [2.05, 4.69) is 29.2 Å². The first-order valence-electron chi connectivity index (χ1n) is 6.98. The first-order chi connectivity index (χ1) is 9.19. The van der Waals surface area contributed by atoms with Crippen molar-refractivity contribution in [3.8, 4) is 0 Å². The summed E-state index contributed by atoms with van der Waals surface area (Å²) in [6, 6.07) is 3.96. The van der Waals surface area contributed by atoms with Crippen LogP contribution >= 0.6 is 0 Å². The van der Waals surface area contributed by atoms with Gasteiger partial charge in [-0.3, -0.25) is 0 Å². The first-order valence-corrected chi connectivity index (χ1v) is 6.98. The Balaban J connectivity index is 1.96. The minimum atomic E-state index is 0.615. The highest BCUT2D eigenvalue weighted by Crippen LogP contribution is 2.09. The topological polar surface area (TPSA) is 68.2 Å². The standard InChI is InChI=1S/C14H23N5/c1-11(2)4-3-9-16-13-5-6-14-17-12(7-8-15)10-19(14)18-13/h5-6,10-11H,3-4,7-9,15H2,1-2H3,(H,16,18). The molecule has 0 aromatic carbocycles. The Kier molecular flexibility index (Phi) is 4.74. The largest absolute Gasteiger partial charge is 0.369 e. The van der Waals surface area contributed by atoms with Gasteiger partial charge in [-0.1, -0.05) is 13.8 Å². The molecule has 2 rings (SSSR count). The molecule has 0 fully saturated rings. The van der Waals surface area contributed by atoms with Crippen molar-refractivity contribution in [1.29, 1.82) is 0 Å². The maximum absolute atomic E-state index is 5.54. The van der Waals surface area contributed by atoms with Gasteiger partial charge in [0.15, 0.2) is 5.65 Å². The molecule has 0 amide bonds. The number of anilines is 1. The Morgan fingerprint density at radius 2 is 2.21 bits per heavy atom. The molecule has 0 spiro atoms. The molecule has 5 heteroatoms. The van der Waals surface area contributed by atoms with Crippen molar-refractivity contribution < 1.29 is 0 Å². The fourth-order valence-corrected chi connectivity index (χ4v) is 2.02. The van der Waals surface area contributed by atoms with Gasteiger partial charge in [0.25, 0.3) is 0 Å². The molecule has 0 bridgehead atoms. The number of hydrogen-bond donors (Lipinski definition) is 2. The molecule has 0 aliphatic rings. The van der Waals surface area contributed by atoms with Gasteiger partial charge in [-0.05, 0) is 37.4 Å². The fraction of sp³-hybridized carbons (Fsp3) is 0.571. The lowest BCUT2D eigenvalue weighted by atomic mass is 10.1. The van der Waals surface area contributed by atoms with Gasteiger partial charge in [0.1, 0.15) is 5.82 Å². The Morgan fingerprint density at radius 1 is 1.37 bits per heavy atom. The van der Waals surface area contributed by atoms with E-state index in [0.29, 0.717) is 6.54 Å². The smallest absolute Gasteiger partial charge is 0.153 e. The fourth-order valence-electron chi connectivity index (χ4n) is 2.02. The third-order valence-corrected chi connectivity index (χ3v) is 3.03. The van der Waals surface area contributed by atoms with Gasteiger partial charge < -0.3 is 11.1 Å². The molecule has 104 valence electrons. The van der Waals surface area contributed by atoms with E-state index < -0.39 is 0 Å². The van der Waals surface area contributed by atoms with Crippen LogP contribution in [0.4, 0.5) is 5.82 Å². The van der Waals surface area contributed by atoms with Crippen LogP contribution in [0.2, 0.25) is 0 Å². The van der Waals surface area contributed by atoms with E-state index in [0.717, 1.165) is 36.0 Å². The summed E-state index contributed by atoms with van der Waals surface area (Å²) in [5.74, 6) is 1.65. The van der Waals surface area contributed by atoms with Crippen LogP contribution in [0.25, 0.3) is 5.65 Å². The number of hydrogen-bond acceptors (Lipinski definition) is 4. The van der Waals surface area contributed by atoms with Crippen molar-refractivity contribution in [3.63, 3.8) is 0 Å². The average Bonchev–Trinajstić information content (AvgIpc) is 2.76. The molecule has 0 saturated heterocycles. The monoisotopic (exact) mass is 261 g/mol. The van der Waals surface area contributed by atoms with E-state index in [-0.39, 0.29) is 0 Å². The molecule has 3 N–H and O–H groups in total. The predicted molar refractivity (Wildman–Crippen MR) is 78.3 cm³/mol. The summed E-state index contributed by atoms with van der Waals surface area (Å²) < 4.78 is 1.82. The highest BCUT2D eigenvalue weighted by Gasteiger charge is 2.03. The molecule has 2 aromatic rings. The lowest BCUT2D eigenvalue weighted by Gasteiger charge is -2.07. The van der Waals surface area contributed by atoms with Crippen LogP contribution in [0.5, 0.6) is 0 Å². The number of nitrogens with two attached hydrogens (primary N) is 1. The Morgan fingerprint density at radius 3 is 2.95 bits per heavy atom. The number of nitrogens with zero attached hydrogens (tertiary/aromatic N) is 3. The second-order valence-electron chi connectivity index (χ2n) is 5.26. The summed E-state index contributed by atoms with van der Waals surface area (Å²) in [5.41, 5.74) is 7.40. The Hall–Kier alpha value is -1.62. The van der Waals surface area contributed by atoms with Gasteiger partial charge in [0, 0.05) is 13.0 Å². The molecule has 0 aliphatic heterocycles. The molecule has 0 unspecified atom stereocenters. The van der Waals surface area contributed by atoms with E-state index in [1.165, 1.54) is 12.8 Å². The molecule has 5 nitrogen and oxygen atoms in total. The van der Waals surface area contributed by atoms with Crippen molar-refractivity contribution in [2.45, 2.75) is 33.1 Å². The van der Waals surface area contributed by atoms with Crippen LogP contribution in [0, 0.1) is 5.92 Å². The number of imidazole rings is 1. The lowest BCUT2D eigenvalue weighted by Crippen LogP contribution is -2.06. The van der Waals surface area contributed by atoms with Crippen molar-refractivity contribution in [2.75, 3.05) is 18.4 Å².